The van der Waals surface area contributed by atoms with E-state index in [4.69, 9.17) is 0 Å². The molecular weight excluding hydrogens is 396 g/mol. The highest BCUT2D eigenvalue weighted by molar-refractivity contribution is 7.19. The van der Waals surface area contributed by atoms with Gasteiger partial charge in [0.05, 0.1) is 5.92 Å². The fraction of sp³-hybridized carbons (Fsp3) is 0.179. The van der Waals surface area contributed by atoms with Gasteiger partial charge >= 0.3 is 0 Å². The molecule has 0 aliphatic rings. The summed E-state index contributed by atoms with van der Waals surface area (Å²) < 4.78 is 3.65. The Balaban J connectivity index is 1.84. The van der Waals surface area contributed by atoms with Gasteiger partial charge < -0.3 is 4.57 Å². The van der Waals surface area contributed by atoms with Crippen molar-refractivity contribution in [3.8, 4) is 6.07 Å². The summed E-state index contributed by atoms with van der Waals surface area (Å²) in [5.41, 5.74) is 4.89. The fourth-order valence-corrected chi connectivity index (χ4v) is 5.64. The number of nitrogens with zero attached hydrogens (tertiary/aromatic N) is 2. The van der Waals surface area contributed by atoms with Crippen molar-refractivity contribution < 1.29 is 0 Å². The molecule has 0 bridgehead atoms. The third kappa shape index (κ3) is 3.44. The number of hydrogen-bond acceptors (Lipinski definition) is 2. The van der Waals surface area contributed by atoms with Crippen molar-refractivity contribution >= 4 is 32.3 Å². The SMILES string of the molecule is CCCCn1c(C(c2ccccc2)c2c(C#N)sc3ccccc23)cc2ccccc21. The lowest BCUT2D eigenvalue weighted by atomic mass is 9.86. The van der Waals surface area contributed by atoms with Gasteiger partial charge in [-0.1, -0.05) is 80.1 Å². The number of rotatable bonds is 6. The number of fused-ring (bicyclic) bond motifs is 2. The lowest BCUT2D eigenvalue weighted by Crippen LogP contribution is -2.11. The van der Waals surface area contributed by atoms with E-state index in [2.05, 4.69) is 102 Å². The normalized spacial score (nSPS) is 12.3. The molecule has 3 heteroatoms. The number of benzene rings is 3. The van der Waals surface area contributed by atoms with E-state index in [0.717, 1.165) is 29.8 Å². The molecule has 3 aromatic carbocycles. The summed E-state index contributed by atoms with van der Waals surface area (Å²) in [5.74, 6) is 0.0104. The van der Waals surface area contributed by atoms with Crippen LogP contribution >= 0.6 is 11.3 Å². The first-order valence-electron chi connectivity index (χ1n) is 10.9. The molecule has 2 heterocycles. The maximum atomic E-state index is 10.1. The highest BCUT2D eigenvalue weighted by Crippen LogP contribution is 2.43. The maximum Gasteiger partial charge on any atom is 0.110 e. The monoisotopic (exact) mass is 420 g/mol. The summed E-state index contributed by atoms with van der Waals surface area (Å²) in [6.45, 7) is 3.22. The fourth-order valence-electron chi connectivity index (χ4n) is 4.60. The Morgan fingerprint density at radius 1 is 0.935 bits per heavy atom. The molecule has 0 saturated heterocycles. The third-order valence-electron chi connectivity index (χ3n) is 6.03. The second-order valence-corrected chi connectivity index (χ2v) is 8.98. The summed E-state index contributed by atoms with van der Waals surface area (Å²) in [4.78, 5) is 0.808. The highest BCUT2D eigenvalue weighted by atomic mass is 32.1. The van der Waals surface area contributed by atoms with Crippen LogP contribution in [0.3, 0.4) is 0 Å². The molecule has 1 unspecified atom stereocenters. The minimum absolute atomic E-state index is 0.0104. The molecule has 31 heavy (non-hydrogen) atoms. The van der Waals surface area contributed by atoms with E-state index >= 15 is 0 Å². The summed E-state index contributed by atoms with van der Waals surface area (Å²) in [7, 11) is 0. The summed E-state index contributed by atoms with van der Waals surface area (Å²) in [5, 5.41) is 12.5. The van der Waals surface area contributed by atoms with Gasteiger partial charge in [0.1, 0.15) is 10.9 Å². The number of hydrogen-bond donors (Lipinski definition) is 0. The number of nitriles is 1. The number of thiophene rings is 1. The lowest BCUT2D eigenvalue weighted by molar-refractivity contribution is 0.621. The lowest BCUT2D eigenvalue weighted by Gasteiger charge is -2.21. The van der Waals surface area contributed by atoms with Crippen LogP contribution in [0.2, 0.25) is 0 Å². The number of aryl methyl sites for hydroxylation is 1. The molecule has 0 amide bonds. The maximum absolute atomic E-state index is 10.1. The zero-order valence-corrected chi connectivity index (χ0v) is 18.4. The van der Waals surface area contributed by atoms with Crippen molar-refractivity contribution in [3.05, 3.63) is 107 Å². The van der Waals surface area contributed by atoms with Gasteiger partial charge in [-0.05, 0) is 41.0 Å². The number of aromatic nitrogens is 1. The topological polar surface area (TPSA) is 28.7 Å². The van der Waals surface area contributed by atoms with Crippen LogP contribution in [0.5, 0.6) is 0 Å². The minimum atomic E-state index is 0.0104. The van der Waals surface area contributed by atoms with Gasteiger partial charge in [-0.25, -0.2) is 0 Å². The first-order valence-corrected chi connectivity index (χ1v) is 11.7. The Labute approximate surface area is 187 Å². The molecule has 0 aliphatic carbocycles. The molecule has 5 aromatic rings. The Morgan fingerprint density at radius 3 is 2.48 bits per heavy atom. The molecule has 0 aliphatic heterocycles. The molecular formula is C28H24N2S. The largest absolute Gasteiger partial charge is 0.344 e. The third-order valence-corrected chi connectivity index (χ3v) is 7.12. The zero-order chi connectivity index (χ0) is 21.2. The van der Waals surface area contributed by atoms with Gasteiger partial charge in [-0.15, -0.1) is 11.3 Å². The standard InChI is InChI=1S/C28H24N2S/c1-2-3-17-30-23-15-9-7-13-21(23)18-24(30)27(20-11-5-4-6-12-20)28-22-14-8-10-16-25(22)31-26(28)19-29/h4-16,18,27H,2-3,17H2,1H3. The molecule has 1 atom stereocenters. The molecule has 0 fully saturated rings. The van der Waals surface area contributed by atoms with Gasteiger partial charge in [0.15, 0.2) is 0 Å². The first-order chi connectivity index (χ1) is 15.3. The zero-order valence-electron chi connectivity index (χ0n) is 17.6. The van der Waals surface area contributed by atoms with Gasteiger partial charge in [0, 0.05) is 28.0 Å². The molecule has 2 nitrogen and oxygen atoms in total. The van der Waals surface area contributed by atoms with Crippen LogP contribution in [0.25, 0.3) is 21.0 Å². The molecule has 0 radical (unpaired) electrons. The van der Waals surface area contributed by atoms with Crippen LogP contribution in [0.1, 0.15) is 47.4 Å². The quantitative estimate of drug-likeness (QED) is 0.276. The molecule has 0 saturated carbocycles. The van der Waals surface area contributed by atoms with Crippen LogP contribution in [0.4, 0.5) is 0 Å². The molecule has 0 N–H and O–H groups in total. The van der Waals surface area contributed by atoms with Crippen LogP contribution < -0.4 is 0 Å². The smallest absolute Gasteiger partial charge is 0.110 e. The Hall–Kier alpha value is -3.35. The van der Waals surface area contributed by atoms with E-state index < -0.39 is 0 Å². The van der Waals surface area contributed by atoms with E-state index in [1.807, 2.05) is 0 Å². The summed E-state index contributed by atoms with van der Waals surface area (Å²) in [6, 6.07) is 32.5. The molecule has 0 spiro atoms. The molecule has 2 aromatic heterocycles. The second-order valence-electron chi connectivity index (χ2n) is 7.93. The van der Waals surface area contributed by atoms with Crippen molar-refractivity contribution in [1.82, 2.24) is 4.57 Å². The van der Waals surface area contributed by atoms with Crippen LogP contribution in [-0.4, -0.2) is 4.57 Å². The van der Waals surface area contributed by atoms with E-state index in [1.54, 1.807) is 11.3 Å². The van der Waals surface area contributed by atoms with E-state index in [1.165, 1.54) is 32.2 Å². The highest BCUT2D eigenvalue weighted by Gasteiger charge is 2.27. The first kappa shape index (κ1) is 19.6. The van der Waals surface area contributed by atoms with Gasteiger partial charge in [0.25, 0.3) is 0 Å². The summed E-state index contributed by atoms with van der Waals surface area (Å²) in [6.07, 6.45) is 2.27. The molecule has 152 valence electrons. The van der Waals surface area contributed by atoms with Crippen molar-refractivity contribution in [1.29, 1.82) is 5.26 Å². The van der Waals surface area contributed by atoms with Crippen molar-refractivity contribution in [2.24, 2.45) is 0 Å². The second kappa shape index (κ2) is 8.41. The number of unbranched alkanes of at least 4 members (excludes halogenated alkanes) is 1. The predicted octanol–water partition coefficient (Wildman–Crippen LogP) is 7.71. The van der Waals surface area contributed by atoms with Crippen LogP contribution in [-0.2, 0) is 6.54 Å². The van der Waals surface area contributed by atoms with Crippen molar-refractivity contribution in [3.63, 3.8) is 0 Å². The van der Waals surface area contributed by atoms with Gasteiger partial charge in [-0.3, -0.25) is 0 Å². The average molecular weight is 421 g/mol. The van der Waals surface area contributed by atoms with E-state index in [9.17, 15) is 5.26 Å². The van der Waals surface area contributed by atoms with Crippen molar-refractivity contribution in [2.75, 3.05) is 0 Å². The van der Waals surface area contributed by atoms with E-state index in [0.29, 0.717) is 0 Å². The molecule has 5 rings (SSSR count). The predicted molar refractivity (Wildman–Crippen MR) is 131 cm³/mol. The Morgan fingerprint density at radius 2 is 1.68 bits per heavy atom. The van der Waals surface area contributed by atoms with Gasteiger partial charge in [0.2, 0.25) is 0 Å². The summed E-state index contributed by atoms with van der Waals surface area (Å²) >= 11 is 1.60. The number of para-hydroxylation sites is 1. The Kier molecular flexibility index (Phi) is 5.32. The van der Waals surface area contributed by atoms with Crippen LogP contribution in [0.15, 0.2) is 84.9 Å². The Bertz CT molecular complexity index is 1390. The van der Waals surface area contributed by atoms with Gasteiger partial charge in [-0.2, -0.15) is 5.26 Å². The van der Waals surface area contributed by atoms with E-state index in [-0.39, 0.29) is 5.92 Å². The average Bonchev–Trinajstić information content (AvgIpc) is 3.37. The van der Waals surface area contributed by atoms with Crippen LogP contribution in [0, 0.1) is 11.3 Å². The van der Waals surface area contributed by atoms with Crippen molar-refractivity contribution in [2.45, 2.75) is 32.2 Å². The minimum Gasteiger partial charge on any atom is -0.344 e.